The first-order chi connectivity index (χ1) is 18.4. The number of aromatic nitrogens is 6. The van der Waals surface area contributed by atoms with E-state index >= 15 is 0 Å². The van der Waals surface area contributed by atoms with Crippen LogP contribution in [-0.4, -0.2) is 36.0 Å². The molecule has 0 radical (unpaired) electrons. The van der Waals surface area contributed by atoms with Gasteiger partial charge in [-0.05, 0) is 35.8 Å². The normalized spacial score (nSPS) is 15.4. The molecule has 8 nitrogen and oxygen atoms in total. The number of hydrogen-bond donors (Lipinski definition) is 3. The molecule has 1 aliphatic rings. The molecule has 1 unspecified atom stereocenters. The van der Waals surface area contributed by atoms with Gasteiger partial charge in [0.15, 0.2) is 5.82 Å². The van der Waals surface area contributed by atoms with Crippen molar-refractivity contribution in [3.63, 3.8) is 0 Å². The van der Waals surface area contributed by atoms with Crippen LogP contribution >= 0.6 is 0 Å². The lowest BCUT2D eigenvalue weighted by atomic mass is 9.92. The predicted octanol–water partition coefficient (Wildman–Crippen LogP) is 6.44. The molecule has 0 bridgehead atoms. The highest BCUT2D eigenvalue weighted by Crippen LogP contribution is 2.35. The maximum Gasteiger partial charge on any atom is 0.224 e. The van der Waals surface area contributed by atoms with E-state index in [4.69, 9.17) is 4.98 Å². The third-order valence-electron chi connectivity index (χ3n) is 6.59. The van der Waals surface area contributed by atoms with Crippen molar-refractivity contribution < 1.29 is 9.18 Å². The summed E-state index contributed by atoms with van der Waals surface area (Å²) >= 11 is 0. The van der Waals surface area contributed by atoms with Gasteiger partial charge in [-0.3, -0.25) is 19.9 Å². The molecule has 0 saturated carbocycles. The number of pyridine rings is 2. The fourth-order valence-corrected chi connectivity index (χ4v) is 4.81. The van der Waals surface area contributed by atoms with Gasteiger partial charge in [-0.2, -0.15) is 5.10 Å². The fourth-order valence-electron chi connectivity index (χ4n) is 4.81. The maximum absolute atomic E-state index is 14.0. The standard InChI is InChI=1S/C29H26FN7O/c1-16(2)8-26(38)33-21-10-19(12-31-13-21)17-6-7-24-22(11-17)28(37-36-24)29-34-25-15-32-14-23(27(25)35-29)18-4-3-5-20(30)9-18/h3-7,10-16,18H,8-9H2,1-2H3,(H,33,38)(H,34,35)(H,36,37). The Labute approximate surface area is 218 Å². The number of rotatable bonds is 6. The van der Waals surface area contributed by atoms with Crippen molar-refractivity contribution in [3.05, 3.63) is 78.7 Å². The average Bonchev–Trinajstić information content (AvgIpc) is 3.52. The highest BCUT2D eigenvalue weighted by Gasteiger charge is 2.21. The summed E-state index contributed by atoms with van der Waals surface area (Å²) in [5.74, 6) is 0.550. The zero-order chi connectivity index (χ0) is 26.2. The lowest BCUT2D eigenvalue weighted by Gasteiger charge is -2.14. The fraction of sp³-hybridized carbons (Fsp3) is 0.207. The molecule has 9 heteroatoms. The van der Waals surface area contributed by atoms with Crippen LogP contribution in [-0.2, 0) is 4.79 Å². The molecule has 0 spiro atoms. The van der Waals surface area contributed by atoms with Crippen LogP contribution in [0.5, 0.6) is 0 Å². The highest BCUT2D eigenvalue weighted by molar-refractivity contribution is 5.96. The zero-order valence-corrected chi connectivity index (χ0v) is 21.0. The first-order valence-corrected chi connectivity index (χ1v) is 12.5. The summed E-state index contributed by atoms with van der Waals surface area (Å²) in [7, 11) is 0. The summed E-state index contributed by atoms with van der Waals surface area (Å²) in [5.41, 5.74) is 6.37. The maximum atomic E-state index is 14.0. The number of nitrogens with one attached hydrogen (secondary N) is 3. The quantitative estimate of drug-likeness (QED) is 0.245. The van der Waals surface area contributed by atoms with E-state index in [0.717, 1.165) is 38.6 Å². The van der Waals surface area contributed by atoms with Crippen molar-refractivity contribution in [2.24, 2.45) is 5.92 Å². The summed E-state index contributed by atoms with van der Waals surface area (Å²) in [4.78, 5) is 29.1. The van der Waals surface area contributed by atoms with Gasteiger partial charge in [0, 0.05) is 47.7 Å². The minimum atomic E-state index is -0.158. The lowest BCUT2D eigenvalue weighted by molar-refractivity contribution is -0.116. The van der Waals surface area contributed by atoms with Crippen molar-refractivity contribution in [1.29, 1.82) is 0 Å². The first-order valence-electron chi connectivity index (χ1n) is 12.5. The Bertz CT molecular complexity index is 1730. The van der Waals surface area contributed by atoms with Crippen LogP contribution < -0.4 is 5.32 Å². The Morgan fingerprint density at radius 3 is 2.82 bits per heavy atom. The summed E-state index contributed by atoms with van der Waals surface area (Å²) in [6.45, 7) is 4.02. The number of fused-ring (bicyclic) bond motifs is 2. The molecule has 1 aromatic carbocycles. The van der Waals surface area contributed by atoms with Crippen LogP contribution in [0.1, 0.15) is 38.2 Å². The van der Waals surface area contributed by atoms with E-state index in [1.54, 1.807) is 30.9 Å². The summed E-state index contributed by atoms with van der Waals surface area (Å²) in [5, 5.41) is 11.4. The van der Waals surface area contributed by atoms with Gasteiger partial charge in [-0.1, -0.05) is 32.1 Å². The highest BCUT2D eigenvalue weighted by atomic mass is 19.1. The van der Waals surface area contributed by atoms with E-state index in [0.29, 0.717) is 30.0 Å². The molecule has 4 heterocycles. The molecular formula is C29H26FN7O. The van der Waals surface area contributed by atoms with Gasteiger partial charge in [-0.25, -0.2) is 9.37 Å². The third-order valence-corrected chi connectivity index (χ3v) is 6.59. The average molecular weight is 508 g/mol. The number of benzene rings is 1. The molecular weight excluding hydrogens is 481 g/mol. The minimum Gasteiger partial charge on any atom is -0.335 e. The van der Waals surface area contributed by atoms with Gasteiger partial charge in [-0.15, -0.1) is 0 Å². The lowest BCUT2D eigenvalue weighted by Crippen LogP contribution is -2.13. The largest absolute Gasteiger partial charge is 0.335 e. The molecule has 0 aliphatic heterocycles. The molecule has 6 rings (SSSR count). The topological polar surface area (TPSA) is 112 Å². The van der Waals surface area contributed by atoms with Crippen LogP contribution in [0.3, 0.4) is 0 Å². The molecule has 1 aliphatic carbocycles. The summed E-state index contributed by atoms with van der Waals surface area (Å²) in [6.07, 6.45) is 12.8. The Morgan fingerprint density at radius 2 is 1.97 bits per heavy atom. The second kappa shape index (κ2) is 9.66. The number of anilines is 1. The van der Waals surface area contributed by atoms with Crippen molar-refractivity contribution in [1.82, 2.24) is 30.1 Å². The van der Waals surface area contributed by atoms with E-state index < -0.39 is 0 Å². The molecule has 38 heavy (non-hydrogen) atoms. The van der Waals surface area contributed by atoms with Crippen LogP contribution in [0.4, 0.5) is 10.1 Å². The van der Waals surface area contributed by atoms with E-state index in [-0.39, 0.29) is 23.6 Å². The second-order valence-electron chi connectivity index (χ2n) is 9.96. The molecule has 5 aromatic rings. The third kappa shape index (κ3) is 4.58. The van der Waals surface area contributed by atoms with Crippen LogP contribution in [0.15, 0.2) is 73.1 Å². The van der Waals surface area contributed by atoms with Crippen LogP contribution in [0, 0.1) is 5.92 Å². The molecule has 4 aromatic heterocycles. The molecule has 0 fully saturated rings. The molecule has 1 atom stereocenters. The predicted molar refractivity (Wildman–Crippen MR) is 146 cm³/mol. The Kier molecular flexibility index (Phi) is 6.03. The van der Waals surface area contributed by atoms with Crippen LogP contribution in [0.2, 0.25) is 0 Å². The molecule has 190 valence electrons. The number of hydrogen-bond acceptors (Lipinski definition) is 5. The van der Waals surface area contributed by atoms with Crippen molar-refractivity contribution in [2.75, 3.05) is 5.32 Å². The Hall–Kier alpha value is -4.66. The number of carbonyl (C=O) groups is 1. The Morgan fingerprint density at radius 1 is 1.11 bits per heavy atom. The number of aromatic amines is 2. The number of amides is 1. The molecule has 1 amide bonds. The van der Waals surface area contributed by atoms with Gasteiger partial charge in [0.1, 0.15) is 11.5 Å². The van der Waals surface area contributed by atoms with Gasteiger partial charge >= 0.3 is 0 Å². The van der Waals surface area contributed by atoms with Crippen molar-refractivity contribution >= 4 is 33.5 Å². The van der Waals surface area contributed by atoms with Gasteiger partial charge in [0.05, 0.1) is 34.6 Å². The van der Waals surface area contributed by atoms with Crippen molar-refractivity contribution in [3.8, 4) is 22.6 Å². The van der Waals surface area contributed by atoms with E-state index in [1.807, 2.05) is 44.2 Å². The van der Waals surface area contributed by atoms with Crippen molar-refractivity contribution in [2.45, 2.75) is 32.6 Å². The number of imidazole rings is 1. The SMILES string of the molecule is CC(C)CC(=O)Nc1cncc(-c2ccc3[nH]nc(-c4nc5c(C6C=CC=C(F)C6)cncc5[nH]4)c3c2)c1. The number of halogens is 1. The van der Waals surface area contributed by atoms with E-state index in [9.17, 15) is 9.18 Å². The summed E-state index contributed by atoms with van der Waals surface area (Å²) < 4.78 is 14.0. The minimum absolute atomic E-state index is 0.0345. The van der Waals surface area contributed by atoms with Gasteiger partial charge in [0.25, 0.3) is 0 Å². The number of H-pyrrole nitrogens is 2. The van der Waals surface area contributed by atoms with Gasteiger partial charge in [0.2, 0.25) is 5.91 Å². The Balaban J connectivity index is 1.36. The van der Waals surface area contributed by atoms with E-state index in [2.05, 4.69) is 30.5 Å². The first kappa shape index (κ1) is 23.7. The van der Waals surface area contributed by atoms with Gasteiger partial charge < -0.3 is 10.3 Å². The monoisotopic (exact) mass is 507 g/mol. The zero-order valence-electron chi connectivity index (χ0n) is 21.0. The number of nitrogens with zero attached hydrogens (tertiary/aromatic N) is 4. The summed E-state index contributed by atoms with van der Waals surface area (Å²) in [6, 6.07) is 7.89. The molecule has 3 N–H and O–H groups in total. The molecule has 0 saturated heterocycles. The van der Waals surface area contributed by atoms with E-state index in [1.165, 1.54) is 6.08 Å². The number of allylic oxidation sites excluding steroid dienone is 4. The number of carbonyl (C=O) groups excluding carboxylic acids is 1. The van der Waals surface area contributed by atoms with Crippen LogP contribution in [0.25, 0.3) is 44.6 Å². The smallest absolute Gasteiger partial charge is 0.224 e. The second-order valence-corrected chi connectivity index (χ2v) is 9.96.